The molecule has 0 saturated carbocycles. The van der Waals surface area contributed by atoms with Crippen LogP contribution >= 0.6 is 0 Å². The van der Waals surface area contributed by atoms with Gasteiger partial charge in [-0.15, -0.1) is 0 Å². The summed E-state index contributed by atoms with van der Waals surface area (Å²) in [5.41, 5.74) is 0.995. The molecule has 2 rings (SSSR count). The average molecular weight is 290 g/mol. The quantitative estimate of drug-likeness (QED) is 0.790. The molecule has 0 radical (unpaired) electrons. The first-order valence-corrected chi connectivity index (χ1v) is 7.33. The minimum atomic E-state index is -0.633. The van der Waals surface area contributed by atoms with Crippen LogP contribution in [0, 0.1) is 5.92 Å². The summed E-state index contributed by atoms with van der Waals surface area (Å²) < 4.78 is 4.80. The number of benzene rings is 1. The number of nitrogens with one attached hydrogen (secondary N) is 2. The number of piperidine rings is 1. The molecule has 2 N–H and O–H groups in total. The first kappa shape index (κ1) is 15.5. The van der Waals surface area contributed by atoms with Crippen molar-refractivity contribution in [3.05, 3.63) is 35.9 Å². The Kier molecular flexibility index (Phi) is 5.75. The minimum Gasteiger partial charge on any atom is -0.467 e. The van der Waals surface area contributed by atoms with Gasteiger partial charge in [-0.1, -0.05) is 30.3 Å². The summed E-state index contributed by atoms with van der Waals surface area (Å²) in [7, 11) is 1.34. The molecule has 0 aromatic heterocycles. The largest absolute Gasteiger partial charge is 0.467 e. The fourth-order valence-electron chi connectivity index (χ4n) is 2.55. The average Bonchev–Trinajstić information content (AvgIpc) is 2.55. The van der Waals surface area contributed by atoms with Gasteiger partial charge in [0.05, 0.1) is 13.0 Å². The number of esters is 1. The molecule has 114 valence electrons. The maximum atomic E-state index is 12.3. The highest BCUT2D eigenvalue weighted by Gasteiger charge is 2.27. The summed E-state index contributed by atoms with van der Waals surface area (Å²) in [5, 5.41) is 6.04. The summed E-state index contributed by atoms with van der Waals surface area (Å²) in [5.74, 6) is -0.550. The van der Waals surface area contributed by atoms with Crippen molar-refractivity contribution in [3.63, 3.8) is 0 Å². The lowest BCUT2D eigenvalue weighted by Gasteiger charge is -2.24. The van der Waals surface area contributed by atoms with Crippen LogP contribution in [0.5, 0.6) is 0 Å². The van der Waals surface area contributed by atoms with E-state index >= 15 is 0 Å². The first-order chi connectivity index (χ1) is 10.2. The number of hydrogen-bond donors (Lipinski definition) is 2. The van der Waals surface area contributed by atoms with Crippen LogP contribution in [0.3, 0.4) is 0 Å². The van der Waals surface area contributed by atoms with Gasteiger partial charge < -0.3 is 15.4 Å². The van der Waals surface area contributed by atoms with Crippen LogP contribution in [0.2, 0.25) is 0 Å². The van der Waals surface area contributed by atoms with Gasteiger partial charge in [-0.2, -0.15) is 0 Å². The van der Waals surface area contributed by atoms with Gasteiger partial charge in [0.1, 0.15) is 6.04 Å². The second-order valence-electron chi connectivity index (χ2n) is 5.32. The Morgan fingerprint density at radius 2 is 2.14 bits per heavy atom. The van der Waals surface area contributed by atoms with E-state index in [4.69, 9.17) is 4.74 Å². The number of carbonyl (C=O) groups is 2. The molecular weight excluding hydrogens is 268 g/mol. The van der Waals surface area contributed by atoms with E-state index in [1.165, 1.54) is 7.11 Å². The highest BCUT2D eigenvalue weighted by atomic mass is 16.5. The van der Waals surface area contributed by atoms with Gasteiger partial charge in [0.15, 0.2) is 0 Å². The van der Waals surface area contributed by atoms with E-state index in [-0.39, 0.29) is 11.8 Å². The first-order valence-electron chi connectivity index (χ1n) is 7.33. The Balaban J connectivity index is 1.99. The van der Waals surface area contributed by atoms with Gasteiger partial charge in [0.2, 0.25) is 5.91 Å². The molecule has 0 bridgehead atoms. The summed E-state index contributed by atoms with van der Waals surface area (Å²) in [6, 6.07) is 8.98. The van der Waals surface area contributed by atoms with Crippen LogP contribution in [0.15, 0.2) is 30.3 Å². The van der Waals surface area contributed by atoms with Crippen molar-refractivity contribution in [2.75, 3.05) is 20.2 Å². The molecule has 1 heterocycles. The van der Waals surface area contributed by atoms with E-state index in [1.807, 2.05) is 30.3 Å². The minimum absolute atomic E-state index is 0.0679. The molecule has 1 aromatic carbocycles. The molecule has 1 aromatic rings. The van der Waals surface area contributed by atoms with Gasteiger partial charge in [-0.3, -0.25) is 4.79 Å². The van der Waals surface area contributed by atoms with Gasteiger partial charge in [0.25, 0.3) is 0 Å². The fraction of sp³-hybridized carbons (Fsp3) is 0.500. The zero-order chi connectivity index (χ0) is 15.1. The zero-order valence-corrected chi connectivity index (χ0v) is 12.3. The normalized spacial score (nSPS) is 19.6. The molecule has 1 amide bonds. The maximum Gasteiger partial charge on any atom is 0.328 e. The maximum absolute atomic E-state index is 12.3. The Bertz CT molecular complexity index is 470. The molecule has 5 heteroatoms. The molecule has 1 aliphatic rings. The molecule has 1 fully saturated rings. The van der Waals surface area contributed by atoms with Crippen LogP contribution < -0.4 is 10.6 Å². The number of carbonyl (C=O) groups excluding carboxylic acids is 2. The second-order valence-corrected chi connectivity index (χ2v) is 5.32. The molecule has 2 atom stereocenters. The summed E-state index contributed by atoms with van der Waals surface area (Å²) in [4.78, 5) is 24.1. The van der Waals surface area contributed by atoms with Crippen LogP contribution in [-0.2, 0) is 20.7 Å². The molecule has 1 aliphatic heterocycles. The number of methoxy groups -OCH3 is 1. The van der Waals surface area contributed by atoms with E-state index in [2.05, 4.69) is 10.6 Å². The third-order valence-corrected chi connectivity index (χ3v) is 3.75. The van der Waals surface area contributed by atoms with Crippen LogP contribution in [0.25, 0.3) is 0 Å². The van der Waals surface area contributed by atoms with Crippen molar-refractivity contribution in [2.24, 2.45) is 5.92 Å². The summed E-state index contributed by atoms with van der Waals surface area (Å²) >= 11 is 0. The lowest BCUT2D eigenvalue weighted by molar-refractivity contribution is -0.145. The predicted molar refractivity (Wildman–Crippen MR) is 79.7 cm³/mol. The van der Waals surface area contributed by atoms with E-state index in [9.17, 15) is 9.59 Å². The monoisotopic (exact) mass is 290 g/mol. The van der Waals surface area contributed by atoms with Crippen molar-refractivity contribution in [2.45, 2.75) is 25.3 Å². The lowest BCUT2D eigenvalue weighted by Crippen LogP contribution is -2.48. The van der Waals surface area contributed by atoms with E-state index in [0.29, 0.717) is 13.0 Å². The SMILES string of the molecule is COC(=O)C(Cc1ccccc1)NC(=O)[C@H]1CCCNC1. The molecule has 1 unspecified atom stereocenters. The highest BCUT2D eigenvalue weighted by Crippen LogP contribution is 2.11. The third kappa shape index (κ3) is 4.56. The molecule has 0 aliphatic carbocycles. The Morgan fingerprint density at radius 1 is 1.38 bits per heavy atom. The van der Waals surface area contributed by atoms with Crippen LogP contribution in [-0.4, -0.2) is 38.1 Å². The van der Waals surface area contributed by atoms with Gasteiger partial charge >= 0.3 is 5.97 Å². The second kappa shape index (κ2) is 7.78. The number of hydrogen-bond acceptors (Lipinski definition) is 4. The number of ether oxygens (including phenoxy) is 1. The van der Waals surface area contributed by atoms with Crippen molar-refractivity contribution < 1.29 is 14.3 Å². The van der Waals surface area contributed by atoms with Crippen molar-refractivity contribution >= 4 is 11.9 Å². The fourth-order valence-corrected chi connectivity index (χ4v) is 2.55. The van der Waals surface area contributed by atoms with Crippen LogP contribution in [0.1, 0.15) is 18.4 Å². The molecular formula is C16H22N2O3. The molecule has 0 spiro atoms. The summed E-state index contributed by atoms with van der Waals surface area (Å²) in [6.07, 6.45) is 2.29. The third-order valence-electron chi connectivity index (χ3n) is 3.75. The molecule has 21 heavy (non-hydrogen) atoms. The number of rotatable bonds is 5. The lowest BCUT2D eigenvalue weighted by atomic mass is 9.97. The van der Waals surface area contributed by atoms with Crippen molar-refractivity contribution in [3.8, 4) is 0 Å². The van der Waals surface area contributed by atoms with E-state index < -0.39 is 12.0 Å². The van der Waals surface area contributed by atoms with Crippen molar-refractivity contribution in [1.82, 2.24) is 10.6 Å². The van der Waals surface area contributed by atoms with Crippen LogP contribution in [0.4, 0.5) is 0 Å². The molecule has 1 saturated heterocycles. The highest BCUT2D eigenvalue weighted by molar-refractivity contribution is 5.86. The predicted octanol–water partition coefficient (Wildman–Crippen LogP) is 0.886. The van der Waals surface area contributed by atoms with Crippen molar-refractivity contribution in [1.29, 1.82) is 0 Å². The number of amides is 1. The van der Waals surface area contributed by atoms with E-state index in [1.54, 1.807) is 0 Å². The topological polar surface area (TPSA) is 67.4 Å². The smallest absolute Gasteiger partial charge is 0.328 e. The molecule has 5 nitrogen and oxygen atoms in total. The van der Waals surface area contributed by atoms with E-state index in [0.717, 1.165) is 24.9 Å². The van der Waals surface area contributed by atoms with Gasteiger partial charge in [-0.05, 0) is 24.9 Å². The van der Waals surface area contributed by atoms with Gasteiger partial charge in [-0.25, -0.2) is 4.79 Å². The van der Waals surface area contributed by atoms with Gasteiger partial charge in [0, 0.05) is 13.0 Å². The Labute approximate surface area is 125 Å². The summed E-state index contributed by atoms with van der Waals surface area (Å²) in [6.45, 7) is 1.62. The Morgan fingerprint density at radius 3 is 2.76 bits per heavy atom. The Hall–Kier alpha value is -1.88. The zero-order valence-electron chi connectivity index (χ0n) is 12.3. The standard InChI is InChI=1S/C16H22N2O3/c1-21-16(20)14(10-12-6-3-2-4-7-12)18-15(19)13-8-5-9-17-11-13/h2-4,6-7,13-14,17H,5,8-11H2,1H3,(H,18,19)/t13-,14?/m0/s1.